The van der Waals surface area contributed by atoms with Crippen molar-refractivity contribution in [3.63, 3.8) is 0 Å². The molecule has 0 aliphatic rings. The molecule has 158 valence electrons. The Morgan fingerprint density at radius 3 is 2.65 bits per heavy atom. The summed E-state index contributed by atoms with van der Waals surface area (Å²) in [6.45, 7) is 1.83. The summed E-state index contributed by atoms with van der Waals surface area (Å²) in [5.41, 5.74) is 3.92. The molecule has 4 rings (SSSR count). The van der Waals surface area contributed by atoms with Crippen molar-refractivity contribution in [2.75, 3.05) is 19.5 Å². The number of para-hydroxylation sites is 1. The van der Waals surface area contributed by atoms with E-state index in [1.807, 2.05) is 49.4 Å². The van der Waals surface area contributed by atoms with Crippen LogP contribution in [0.4, 0.5) is 5.69 Å². The normalized spacial score (nSPS) is 10.7. The molecular weight excluding hydrogens is 452 g/mol. The summed E-state index contributed by atoms with van der Waals surface area (Å²) in [4.78, 5) is 19.1. The number of aryl methyl sites for hydroxylation is 1. The van der Waals surface area contributed by atoms with Crippen molar-refractivity contribution in [3.8, 4) is 22.1 Å². The molecule has 0 radical (unpaired) electrons. The standard InChI is InChI=1S/C21H18N4O3S3/c1-12-18(31-20(23-12)13-8-9-15(27-2)16(10-13)28-3)19(26)24-14-6-4-5-7-17(14)30-21-25-22-11-29-21/h4-11H,1-3H3,(H,24,26). The van der Waals surface area contributed by atoms with Crippen LogP contribution in [0.15, 0.2) is 57.2 Å². The molecule has 10 heteroatoms. The number of rotatable bonds is 7. The zero-order chi connectivity index (χ0) is 21.8. The van der Waals surface area contributed by atoms with Gasteiger partial charge >= 0.3 is 0 Å². The topological polar surface area (TPSA) is 86.2 Å². The van der Waals surface area contributed by atoms with E-state index in [-0.39, 0.29) is 5.91 Å². The van der Waals surface area contributed by atoms with Crippen LogP contribution in [0.25, 0.3) is 10.6 Å². The highest BCUT2D eigenvalue weighted by atomic mass is 32.2. The number of benzene rings is 2. The second-order valence-electron chi connectivity index (χ2n) is 6.26. The lowest BCUT2D eigenvalue weighted by atomic mass is 10.2. The number of hydrogen-bond donors (Lipinski definition) is 1. The van der Waals surface area contributed by atoms with Crippen molar-refractivity contribution in [2.24, 2.45) is 0 Å². The van der Waals surface area contributed by atoms with Gasteiger partial charge in [-0.3, -0.25) is 4.79 Å². The van der Waals surface area contributed by atoms with E-state index in [9.17, 15) is 4.79 Å². The van der Waals surface area contributed by atoms with Crippen molar-refractivity contribution in [2.45, 2.75) is 16.2 Å². The summed E-state index contributed by atoms with van der Waals surface area (Å²) in [7, 11) is 3.18. The van der Waals surface area contributed by atoms with Gasteiger partial charge in [0.25, 0.3) is 5.91 Å². The molecule has 1 N–H and O–H groups in total. The van der Waals surface area contributed by atoms with E-state index in [1.54, 1.807) is 19.7 Å². The third-order valence-corrected chi connectivity index (χ3v) is 7.36. The van der Waals surface area contributed by atoms with Crippen LogP contribution < -0.4 is 14.8 Å². The van der Waals surface area contributed by atoms with Crippen molar-refractivity contribution in [1.29, 1.82) is 0 Å². The molecular formula is C21H18N4O3S3. The number of ether oxygens (including phenoxy) is 2. The van der Waals surface area contributed by atoms with Gasteiger partial charge < -0.3 is 14.8 Å². The highest BCUT2D eigenvalue weighted by Gasteiger charge is 2.19. The van der Waals surface area contributed by atoms with Crippen LogP contribution in [-0.2, 0) is 0 Å². The number of amides is 1. The van der Waals surface area contributed by atoms with Gasteiger partial charge in [-0.1, -0.05) is 35.2 Å². The number of nitrogens with zero attached hydrogens (tertiary/aromatic N) is 3. The molecule has 2 aromatic carbocycles. The van der Waals surface area contributed by atoms with Gasteiger partial charge in [0.15, 0.2) is 15.8 Å². The minimum absolute atomic E-state index is 0.202. The molecule has 0 bridgehead atoms. The van der Waals surface area contributed by atoms with Gasteiger partial charge in [0.05, 0.1) is 25.6 Å². The SMILES string of the molecule is COc1ccc(-c2nc(C)c(C(=O)Nc3ccccc3Sc3nncs3)s2)cc1OC. The lowest BCUT2D eigenvalue weighted by molar-refractivity contribution is 0.102. The van der Waals surface area contributed by atoms with Crippen LogP contribution in [0, 0.1) is 6.92 Å². The maximum atomic E-state index is 13.0. The molecule has 1 amide bonds. The summed E-state index contributed by atoms with van der Waals surface area (Å²) in [5, 5.41) is 11.7. The summed E-state index contributed by atoms with van der Waals surface area (Å²) < 4.78 is 11.5. The molecule has 0 saturated carbocycles. The lowest BCUT2D eigenvalue weighted by Crippen LogP contribution is -2.12. The Kier molecular flexibility index (Phi) is 6.50. The number of carbonyl (C=O) groups is 1. The van der Waals surface area contributed by atoms with E-state index in [0.717, 1.165) is 19.8 Å². The minimum atomic E-state index is -0.202. The van der Waals surface area contributed by atoms with Crippen LogP contribution in [0.5, 0.6) is 11.5 Å². The monoisotopic (exact) mass is 470 g/mol. The fraction of sp³-hybridized carbons (Fsp3) is 0.143. The first-order valence-corrected chi connectivity index (χ1v) is 11.6. The van der Waals surface area contributed by atoms with E-state index >= 15 is 0 Å². The van der Waals surface area contributed by atoms with E-state index in [4.69, 9.17) is 9.47 Å². The molecule has 0 aliphatic heterocycles. The second-order valence-corrected chi connectivity index (χ2v) is 9.38. The first-order valence-electron chi connectivity index (χ1n) is 9.13. The fourth-order valence-electron chi connectivity index (χ4n) is 2.84. The number of thiazole rings is 1. The van der Waals surface area contributed by atoms with Gasteiger partial charge in [-0.15, -0.1) is 21.5 Å². The Hall–Kier alpha value is -2.95. The minimum Gasteiger partial charge on any atom is -0.493 e. The average molecular weight is 471 g/mol. The van der Waals surface area contributed by atoms with Crippen LogP contribution >= 0.6 is 34.4 Å². The molecule has 4 aromatic rings. The maximum absolute atomic E-state index is 13.0. The van der Waals surface area contributed by atoms with Gasteiger partial charge in [-0.05, 0) is 37.3 Å². The zero-order valence-corrected chi connectivity index (χ0v) is 19.4. The van der Waals surface area contributed by atoms with Crippen LogP contribution in [0.3, 0.4) is 0 Å². The third kappa shape index (κ3) is 4.71. The number of methoxy groups -OCH3 is 2. The Bertz CT molecular complexity index is 1210. The summed E-state index contributed by atoms with van der Waals surface area (Å²) >= 11 is 4.25. The van der Waals surface area contributed by atoms with Gasteiger partial charge in [0.1, 0.15) is 15.4 Å². The Morgan fingerprint density at radius 1 is 1.10 bits per heavy atom. The van der Waals surface area contributed by atoms with E-state index in [2.05, 4.69) is 20.5 Å². The van der Waals surface area contributed by atoms with Crippen LogP contribution in [0.1, 0.15) is 15.4 Å². The summed E-state index contributed by atoms with van der Waals surface area (Å²) in [6.07, 6.45) is 0. The number of nitrogens with one attached hydrogen (secondary N) is 1. The zero-order valence-electron chi connectivity index (χ0n) is 16.9. The molecule has 0 fully saturated rings. The van der Waals surface area contributed by atoms with Crippen molar-refractivity contribution in [1.82, 2.24) is 15.2 Å². The fourth-order valence-corrected chi connectivity index (χ4v) is 5.32. The van der Waals surface area contributed by atoms with Gasteiger partial charge in [0.2, 0.25) is 0 Å². The van der Waals surface area contributed by atoms with Crippen molar-refractivity contribution in [3.05, 3.63) is 58.5 Å². The van der Waals surface area contributed by atoms with Gasteiger partial charge in [0, 0.05) is 10.5 Å². The van der Waals surface area contributed by atoms with E-state index < -0.39 is 0 Å². The number of anilines is 1. The van der Waals surface area contributed by atoms with Gasteiger partial charge in [-0.25, -0.2) is 4.98 Å². The summed E-state index contributed by atoms with van der Waals surface area (Å²) in [5.74, 6) is 1.05. The van der Waals surface area contributed by atoms with Crippen LogP contribution in [0.2, 0.25) is 0 Å². The van der Waals surface area contributed by atoms with Crippen LogP contribution in [-0.4, -0.2) is 35.3 Å². The molecule has 0 spiro atoms. The predicted octanol–water partition coefficient (Wildman–Crippen LogP) is 5.39. The Labute approximate surface area is 191 Å². The largest absolute Gasteiger partial charge is 0.493 e. The highest BCUT2D eigenvalue weighted by Crippen LogP contribution is 2.37. The molecule has 2 heterocycles. The van der Waals surface area contributed by atoms with Crippen molar-refractivity contribution < 1.29 is 14.3 Å². The first kappa shape index (κ1) is 21.3. The average Bonchev–Trinajstić information content (AvgIpc) is 3.44. The maximum Gasteiger partial charge on any atom is 0.267 e. The predicted molar refractivity (Wildman–Crippen MR) is 124 cm³/mol. The quantitative estimate of drug-likeness (QED) is 0.387. The molecule has 0 unspecified atom stereocenters. The van der Waals surface area contributed by atoms with Crippen molar-refractivity contribution >= 4 is 46.0 Å². The third-order valence-electron chi connectivity index (χ3n) is 4.31. The first-order chi connectivity index (χ1) is 15.1. The molecule has 0 atom stereocenters. The number of aromatic nitrogens is 3. The molecule has 2 aromatic heterocycles. The summed E-state index contributed by atoms with van der Waals surface area (Å²) in [6, 6.07) is 13.2. The molecule has 0 aliphatic carbocycles. The van der Waals surface area contributed by atoms with Gasteiger partial charge in [-0.2, -0.15) is 0 Å². The number of hydrogen-bond acceptors (Lipinski definition) is 9. The molecule has 31 heavy (non-hydrogen) atoms. The molecule has 7 nitrogen and oxygen atoms in total. The van der Waals surface area contributed by atoms with E-state index in [0.29, 0.717) is 27.8 Å². The second kappa shape index (κ2) is 9.46. The Balaban J connectivity index is 1.58. The highest BCUT2D eigenvalue weighted by molar-refractivity contribution is 8.01. The van der Waals surface area contributed by atoms with E-state index in [1.165, 1.54) is 34.4 Å². The number of carbonyl (C=O) groups excluding carboxylic acids is 1. The Morgan fingerprint density at radius 2 is 1.90 bits per heavy atom. The smallest absolute Gasteiger partial charge is 0.267 e. The molecule has 0 saturated heterocycles. The lowest BCUT2D eigenvalue weighted by Gasteiger charge is -2.09.